The monoisotopic (exact) mass is 442 g/mol. The standard InChI is InChI=1S/C21H30O10/c1-6-7-8-9-10-11-26-21-20(30-16(5)25)19(29-15(4)24)18(28-14(3)23)17(31-21)12-27-13(2)22/h6,8-9,17-21H,1,7,10-12H2,2-5H3/b9-8+/t17?,18?,19?,20-,21?/m0/s1. The Hall–Kier alpha value is -2.72. The second-order valence-corrected chi connectivity index (χ2v) is 6.72. The molecular formula is C21H30O10. The van der Waals surface area contributed by atoms with Gasteiger partial charge in [0.1, 0.15) is 12.7 Å². The summed E-state index contributed by atoms with van der Waals surface area (Å²) in [5.41, 5.74) is 0. The van der Waals surface area contributed by atoms with Crippen LogP contribution in [0.4, 0.5) is 0 Å². The minimum absolute atomic E-state index is 0.196. The third-order valence-corrected chi connectivity index (χ3v) is 3.98. The van der Waals surface area contributed by atoms with E-state index in [1.54, 1.807) is 6.08 Å². The molecule has 1 aliphatic rings. The third kappa shape index (κ3) is 9.75. The van der Waals surface area contributed by atoms with Gasteiger partial charge in [0.2, 0.25) is 0 Å². The van der Waals surface area contributed by atoms with Crippen LogP contribution in [0.2, 0.25) is 0 Å². The normalized spacial score (nSPS) is 25.5. The smallest absolute Gasteiger partial charge is 0.303 e. The van der Waals surface area contributed by atoms with Crippen LogP contribution in [0.25, 0.3) is 0 Å². The molecule has 10 heteroatoms. The van der Waals surface area contributed by atoms with Crippen molar-refractivity contribution in [3.05, 3.63) is 24.8 Å². The zero-order chi connectivity index (χ0) is 23.4. The summed E-state index contributed by atoms with van der Waals surface area (Å²) in [7, 11) is 0. The minimum atomic E-state index is -1.24. The Labute approximate surface area is 181 Å². The molecule has 5 atom stereocenters. The molecule has 0 aliphatic carbocycles. The van der Waals surface area contributed by atoms with Crippen molar-refractivity contribution in [2.24, 2.45) is 0 Å². The molecule has 0 aromatic carbocycles. The van der Waals surface area contributed by atoms with Crippen molar-refractivity contribution in [2.75, 3.05) is 13.2 Å². The predicted octanol–water partition coefficient (Wildman–Crippen LogP) is 1.61. The Bertz CT molecular complexity index is 671. The van der Waals surface area contributed by atoms with E-state index in [1.807, 2.05) is 12.2 Å². The number of carbonyl (C=O) groups is 4. The lowest BCUT2D eigenvalue weighted by Crippen LogP contribution is -2.63. The van der Waals surface area contributed by atoms with Gasteiger partial charge in [0.25, 0.3) is 0 Å². The van der Waals surface area contributed by atoms with Crippen LogP contribution in [0.15, 0.2) is 24.8 Å². The number of hydrogen-bond donors (Lipinski definition) is 0. The van der Waals surface area contributed by atoms with Crippen LogP contribution in [-0.2, 0) is 47.6 Å². The van der Waals surface area contributed by atoms with Crippen LogP contribution in [-0.4, -0.2) is 67.8 Å². The second kappa shape index (κ2) is 13.6. The summed E-state index contributed by atoms with van der Waals surface area (Å²) >= 11 is 0. The van der Waals surface area contributed by atoms with E-state index in [2.05, 4.69) is 6.58 Å². The number of carbonyl (C=O) groups excluding carboxylic acids is 4. The molecule has 31 heavy (non-hydrogen) atoms. The third-order valence-electron chi connectivity index (χ3n) is 3.98. The molecule has 0 aromatic heterocycles. The fourth-order valence-electron chi connectivity index (χ4n) is 2.89. The van der Waals surface area contributed by atoms with Crippen LogP contribution < -0.4 is 0 Å². The number of esters is 4. The first-order chi connectivity index (χ1) is 14.6. The largest absolute Gasteiger partial charge is 0.463 e. The van der Waals surface area contributed by atoms with Gasteiger partial charge in [-0.05, 0) is 12.8 Å². The highest BCUT2D eigenvalue weighted by atomic mass is 16.7. The maximum atomic E-state index is 11.7. The van der Waals surface area contributed by atoms with E-state index >= 15 is 0 Å². The molecule has 1 heterocycles. The Morgan fingerprint density at radius 2 is 1.42 bits per heavy atom. The fraction of sp³-hybridized carbons (Fsp3) is 0.619. The Balaban J connectivity index is 3.14. The first-order valence-corrected chi connectivity index (χ1v) is 9.83. The quantitative estimate of drug-likeness (QED) is 0.202. The molecule has 10 nitrogen and oxygen atoms in total. The molecule has 174 valence electrons. The minimum Gasteiger partial charge on any atom is -0.463 e. The summed E-state index contributed by atoms with van der Waals surface area (Å²) in [6.07, 6.45) is 0.945. The van der Waals surface area contributed by atoms with E-state index in [1.165, 1.54) is 13.8 Å². The van der Waals surface area contributed by atoms with Gasteiger partial charge in [0.15, 0.2) is 24.6 Å². The molecule has 1 saturated heterocycles. The molecule has 0 saturated carbocycles. The highest BCUT2D eigenvalue weighted by Gasteiger charge is 2.52. The van der Waals surface area contributed by atoms with Crippen molar-refractivity contribution in [3.63, 3.8) is 0 Å². The predicted molar refractivity (Wildman–Crippen MR) is 106 cm³/mol. The summed E-state index contributed by atoms with van der Waals surface area (Å²) in [4.78, 5) is 46.4. The van der Waals surface area contributed by atoms with Crippen LogP contribution in [0.5, 0.6) is 0 Å². The first-order valence-electron chi connectivity index (χ1n) is 9.83. The molecule has 1 rings (SSSR count). The van der Waals surface area contributed by atoms with Crippen LogP contribution in [0.1, 0.15) is 40.5 Å². The van der Waals surface area contributed by atoms with Gasteiger partial charge in [-0.2, -0.15) is 0 Å². The van der Waals surface area contributed by atoms with Crippen LogP contribution >= 0.6 is 0 Å². The average Bonchev–Trinajstić information content (AvgIpc) is 2.66. The second-order valence-electron chi connectivity index (χ2n) is 6.72. The summed E-state index contributed by atoms with van der Waals surface area (Å²) < 4.78 is 32.5. The average molecular weight is 442 g/mol. The SMILES string of the molecule is C=CC/C=C/CCOC1OC(COC(C)=O)C(OC(C)=O)C(OC(C)=O)[C@@H]1OC(C)=O. The van der Waals surface area contributed by atoms with Crippen molar-refractivity contribution in [3.8, 4) is 0 Å². The van der Waals surface area contributed by atoms with E-state index in [-0.39, 0.29) is 13.2 Å². The summed E-state index contributed by atoms with van der Waals surface area (Å²) in [5, 5.41) is 0. The molecular weight excluding hydrogens is 412 g/mol. The maximum Gasteiger partial charge on any atom is 0.303 e. The molecule has 0 bridgehead atoms. The Morgan fingerprint density at radius 3 is 1.97 bits per heavy atom. The zero-order valence-electron chi connectivity index (χ0n) is 18.2. The van der Waals surface area contributed by atoms with Crippen molar-refractivity contribution >= 4 is 23.9 Å². The van der Waals surface area contributed by atoms with E-state index in [0.29, 0.717) is 12.8 Å². The van der Waals surface area contributed by atoms with Crippen molar-refractivity contribution in [1.29, 1.82) is 0 Å². The van der Waals surface area contributed by atoms with E-state index in [4.69, 9.17) is 28.4 Å². The molecule has 1 aliphatic heterocycles. The summed E-state index contributed by atoms with van der Waals surface area (Å²) in [5.74, 6) is -2.64. The van der Waals surface area contributed by atoms with Crippen molar-refractivity contribution in [1.82, 2.24) is 0 Å². The molecule has 0 spiro atoms. The zero-order valence-corrected chi connectivity index (χ0v) is 18.2. The summed E-state index contributed by atoms with van der Waals surface area (Å²) in [6, 6.07) is 0. The van der Waals surface area contributed by atoms with Crippen LogP contribution in [0, 0.1) is 0 Å². The van der Waals surface area contributed by atoms with Crippen molar-refractivity contribution in [2.45, 2.75) is 71.2 Å². The van der Waals surface area contributed by atoms with E-state index in [0.717, 1.165) is 13.8 Å². The van der Waals surface area contributed by atoms with Gasteiger partial charge in [0, 0.05) is 27.7 Å². The molecule has 4 unspecified atom stereocenters. The van der Waals surface area contributed by atoms with Crippen molar-refractivity contribution < 1.29 is 47.6 Å². The van der Waals surface area contributed by atoms with Gasteiger partial charge in [-0.1, -0.05) is 18.2 Å². The van der Waals surface area contributed by atoms with E-state index < -0.39 is 54.6 Å². The molecule has 1 fully saturated rings. The van der Waals surface area contributed by atoms with Gasteiger partial charge < -0.3 is 28.4 Å². The number of ether oxygens (including phenoxy) is 6. The lowest BCUT2D eigenvalue weighted by atomic mass is 9.98. The lowest BCUT2D eigenvalue weighted by molar-refractivity contribution is -0.307. The summed E-state index contributed by atoms with van der Waals surface area (Å²) in [6.45, 7) is 8.22. The molecule has 0 radical (unpaired) electrons. The Morgan fingerprint density at radius 1 is 0.839 bits per heavy atom. The topological polar surface area (TPSA) is 124 Å². The lowest BCUT2D eigenvalue weighted by Gasteiger charge is -2.44. The van der Waals surface area contributed by atoms with E-state index in [9.17, 15) is 19.2 Å². The molecule has 0 N–H and O–H groups in total. The highest BCUT2D eigenvalue weighted by Crippen LogP contribution is 2.30. The maximum absolute atomic E-state index is 11.7. The number of hydrogen-bond acceptors (Lipinski definition) is 10. The number of rotatable bonds is 11. The fourth-order valence-corrected chi connectivity index (χ4v) is 2.89. The Kier molecular flexibility index (Phi) is 11.5. The van der Waals surface area contributed by atoms with Gasteiger partial charge in [0.05, 0.1) is 6.61 Å². The van der Waals surface area contributed by atoms with Gasteiger partial charge >= 0.3 is 23.9 Å². The molecule has 0 aromatic rings. The highest BCUT2D eigenvalue weighted by molar-refractivity contribution is 5.68. The van der Waals surface area contributed by atoms with Crippen LogP contribution in [0.3, 0.4) is 0 Å². The van der Waals surface area contributed by atoms with Gasteiger partial charge in [-0.3, -0.25) is 19.2 Å². The van der Waals surface area contributed by atoms with Gasteiger partial charge in [-0.25, -0.2) is 0 Å². The number of allylic oxidation sites excluding steroid dienone is 2. The first kappa shape index (κ1) is 26.3. The van der Waals surface area contributed by atoms with Gasteiger partial charge in [-0.15, -0.1) is 6.58 Å². The molecule has 0 amide bonds.